The van der Waals surface area contributed by atoms with Gasteiger partial charge in [-0.3, -0.25) is 0 Å². The van der Waals surface area contributed by atoms with Crippen molar-refractivity contribution in [3.8, 4) is 5.75 Å². The maximum atomic E-state index is 6.28. The van der Waals surface area contributed by atoms with Crippen molar-refractivity contribution in [3.05, 3.63) is 40.7 Å². The molecule has 1 aromatic rings. The zero-order chi connectivity index (χ0) is 16.8. The molecule has 130 valence electrons. The highest BCUT2D eigenvalue weighted by Gasteiger charge is 2.13. The van der Waals surface area contributed by atoms with E-state index in [1.807, 2.05) is 30.1 Å². The molecule has 0 aliphatic carbocycles. The first kappa shape index (κ1) is 17.0. The van der Waals surface area contributed by atoms with E-state index in [4.69, 9.17) is 25.8 Å². The second kappa shape index (κ2) is 8.29. The molecule has 6 heteroatoms. The van der Waals surface area contributed by atoms with Gasteiger partial charge < -0.3 is 19.1 Å². The predicted molar refractivity (Wildman–Crippen MR) is 94.6 cm³/mol. The van der Waals surface area contributed by atoms with Gasteiger partial charge in [-0.05, 0) is 37.5 Å². The molecule has 1 aromatic carbocycles. The van der Waals surface area contributed by atoms with Gasteiger partial charge in [0, 0.05) is 25.2 Å². The fourth-order valence-corrected chi connectivity index (χ4v) is 2.90. The summed E-state index contributed by atoms with van der Waals surface area (Å²) < 4.78 is 16.7. The lowest BCUT2D eigenvalue weighted by molar-refractivity contribution is 0.162. The number of unbranched alkanes of at least 4 members (excludes halogenated alkanes) is 2. The monoisotopic (exact) mass is 350 g/mol. The maximum Gasteiger partial charge on any atom is 0.216 e. The Labute approximate surface area is 147 Å². The topological polar surface area (TPSA) is 43.3 Å². The zero-order valence-electron chi connectivity index (χ0n) is 14.0. The first-order chi connectivity index (χ1) is 11.7. The molecule has 0 N–H and O–H groups in total. The van der Waals surface area contributed by atoms with Crippen LogP contribution in [0.2, 0.25) is 5.02 Å². The number of halogens is 1. The summed E-state index contributed by atoms with van der Waals surface area (Å²) in [6.45, 7) is 2.69. The molecular weight excluding hydrogens is 328 g/mol. The molecule has 0 spiro atoms. The molecule has 0 atom stereocenters. The summed E-state index contributed by atoms with van der Waals surface area (Å²) in [5.74, 6) is 2.45. The first-order valence-electron chi connectivity index (χ1n) is 8.36. The van der Waals surface area contributed by atoms with Crippen LogP contribution in [-0.4, -0.2) is 44.3 Å². The summed E-state index contributed by atoms with van der Waals surface area (Å²) in [4.78, 5) is 6.34. The van der Waals surface area contributed by atoms with Gasteiger partial charge in [0.25, 0.3) is 0 Å². The Hall–Kier alpha value is -1.88. The third-order valence-corrected chi connectivity index (χ3v) is 4.20. The van der Waals surface area contributed by atoms with Crippen LogP contribution >= 0.6 is 11.6 Å². The molecule has 2 aliphatic heterocycles. The number of nitrogens with zero attached hydrogens (tertiary/aromatic N) is 2. The fraction of sp³-hybridized carbons (Fsp3) is 0.500. The van der Waals surface area contributed by atoms with E-state index in [9.17, 15) is 0 Å². The number of allylic oxidation sites excluding steroid dienone is 1. The van der Waals surface area contributed by atoms with E-state index >= 15 is 0 Å². The van der Waals surface area contributed by atoms with Crippen molar-refractivity contribution in [2.75, 3.05) is 33.5 Å². The minimum absolute atomic E-state index is 0.596. The number of hydrogen-bond donors (Lipinski definition) is 0. The van der Waals surface area contributed by atoms with Crippen LogP contribution in [0.3, 0.4) is 0 Å². The van der Waals surface area contributed by atoms with Crippen molar-refractivity contribution >= 4 is 17.5 Å². The molecule has 0 unspecified atom stereocenters. The Bertz CT molecular complexity index is 631. The summed E-state index contributed by atoms with van der Waals surface area (Å²) >= 11 is 6.28. The van der Waals surface area contributed by atoms with Gasteiger partial charge in [-0.25, -0.2) is 4.99 Å². The molecule has 0 radical (unpaired) electrons. The quantitative estimate of drug-likeness (QED) is 0.668. The van der Waals surface area contributed by atoms with Gasteiger partial charge >= 0.3 is 0 Å². The highest BCUT2D eigenvalue weighted by molar-refractivity contribution is 6.32. The minimum Gasteiger partial charge on any atom is -0.492 e. The van der Waals surface area contributed by atoms with Gasteiger partial charge in [0.05, 0.1) is 18.2 Å². The molecule has 5 nitrogen and oxygen atoms in total. The Morgan fingerprint density at radius 2 is 2.17 bits per heavy atom. The molecule has 2 heterocycles. The highest BCUT2D eigenvalue weighted by atomic mass is 35.5. The average Bonchev–Trinajstić information content (AvgIpc) is 3.23. The number of benzene rings is 1. The third-order valence-electron chi connectivity index (χ3n) is 3.91. The highest BCUT2D eigenvalue weighted by Crippen LogP contribution is 2.27. The van der Waals surface area contributed by atoms with Crippen LogP contribution in [0.5, 0.6) is 5.75 Å². The van der Waals surface area contributed by atoms with E-state index in [1.165, 1.54) is 0 Å². The van der Waals surface area contributed by atoms with Gasteiger partial charge in [0.15, 0.2) is 6.73 Å². The molecule has 0 saturated heterocycles. The van der Waals surface area contributed by atoms with Gasteiger partial charge in [-0.15, -0.1) is 0 Å². The SMILES string of the molecule is CN1C=C(CCCCCOc2ccc(C3=NCCO3)cc2Cl)OC1. The van der Waals surface area contributed by atoms with E-state index < -0.39 is 0 Å². The largest absolute Gasteiger partial charge is 0.492 e. The zero-order valence-corrected chi connectivity index (χ0v) is 14.7. The fourth-order valence-electron chi connectivity index (χ4n) is 2.66. The molecule has 0 amide bonds. The number of rotatable bonds is 8. The van der Waals surface area contributed by atoms with Crippen LogP contribution in [-0.2, 0) is 9.47 Å². The molecule has 0 saturated carbocycles. The summed E-state index contributed by atoms with van der Waals surface area (Å²) in [6, 6.07) is 5.67. The van der Waals surface area contributed by atoms with E-state index in [0.717, 1.165) is 37.0 Å². The van der Waals surface area contributed by atoms with Gasteiger partial charge in [-0.1, -0.05) is 11.6 Å². The molecule has 24 heavy (non-hydrogen) atoms. The van der Waals surface area contributed by atoms with Crippen LogP contribution in [0.15, 0.2) is 35.2 Å². The minimum atomic E-state index is 0.596. The van der Waals surface area contributed by atoms with Gasteiger partial charge in [-0.2, -0.15) is 0 Å². The number of ether oxygens (including phenoxy) is 3. The van der Waals surface area contributed by atoms with Crippen molar-refractivity contribution in [3.63, 3.8) is 0 Å². The molecule has 0 bridgehead atoms. The van der Waals surface area contributed by atoms with Crippen molar-refractivity contribution < 1.29 is 14.2 Å². The van der Waals surface area contributed by atoms with Crippen LogP contribution in [0.1, 0.15) is 31.2 Å². The van der Waals surface area contributed by atoms with E-state index in [-0.39, 0.29) is 0 Å². The first-order valence-corrected chi connectivity index (χ1v) is 8.74. The lowest BCUT2D eigenvalue weighted by atomic mass is 10.2. The number of hydrogen-bond acceptors (Lipinski definition) is 5. The predicted octanol–water partition coefficient (Wildman–Crippen LogP) is 3.82. The Kier molecular flexibility index (Phi) is 5.86. The van der Waals surface area contributed by atoms with Crippen molar-refractivity contribution in [2.24, 2.45) is 4.99 Å². The third kappa shape index (κ3) is 4.57. The lowest BCUT2D eigenvalue weighted by Crippen LogP contribution is -2.06. The smallest absolute Gasteiger partial charge is 0.216 e. The Morgan fingerprint density at radius 1 is 1.25 bits per heavy atom. The van der Waals surface area contributed by atoms with Crippen LogP contribution < -0.4 is 4.74 Å². The molecule has 3 rings (SSSR count). The van der Waals surface area contributed by atoms with Crippen LogP contribution in [0.25, 0.3) is 0 Å². The summed E-state index contributed by atoms with van der Waals surface area (Å²) in [7, 11) is 2.02. The van der Waals surface area contributed by atoms with Gasteiger partial charge in [0.1, 0.15) is 18.1 Å². The van der Waals surface area contributed by atoms with Crippen molar-refractivity contribution in [2.45, 2.75) is 25.7 Å². The van der Waals surface area contributed by atoms with Gasteiger partial charge in [0.2, 0.25) is 5.90 Å². The summed E-state index contributed by atoms with van der Waals surface area (Å²) in [5, 5.41) is 0.596. The normalized spacial score (nSPS) is 16.5. The van der Waals surface area contributed by atoms with Crippen molar-refractivity contribution in [1.29, 1.82) is 0 Å². The second-order valence-electron chi connectivity index (χ2n) is 5.97. The summed E-state index contributed by atoms with van der Waals surface area (Å²) in [6.07, 6.45) is 6.26. The maximum absolute atomic E-state index is 6.28. The van der Waals surface area contributed by atoms with E-state index in [1.54, 1.807) is 0 Å². The molecule has 2 aliphatic rings. The molecular formula is C18H23ClN2O3. The Balaban J connectivity index is 1.36. The van der Waals surface area contributed by atoms with Crippen LogP contribution in [0, 0.1) is 0 Å². The standard InChI is InChI=1S/C18H23ClN2O3/c1-21-12-15(24-13-21)5-3-2-4-9-22-17-7-6-14(11-16(17)19)18-20-8-10-23-18/h6-7,11-12H,2-5,8-10,13H2,1H3. The lowest BCUT2D eigenvalue weighted by Gasteiger charge is -2.09. The van der Waals surface area contributed by atoms with Crippen LogP contribution in [0.4, 0.5) is 0 Å². The average molecular weight is 351 g/mol. The van der Waals surface area contributed by atoms with E-state index in [0.29, 0.717) is 43.2 Å². The van der Waals surface area contributed by atoms with E-state index in [2.05, 4.69) is 11.2 Å². The van der Waals surface area contributed by atoms with Crippen molar-refractivity contribution in [1.82, 2.24) is 4.90 Å². The second-order valence-corrected chi connectivity index (χ2v) is 6.37. The molecule has 0 fully saturated rings. The Morgan fingerprint density at radius 3 is 2.88 bits per heavy atom. The molecule has 0 aromatic heterocycles. The number of aliphatic imine (C=N–C) groups is 1. The summed E-state index contributed by atoms with van der Waals surface area (Å²) in [5.41, 5.74) is 0.902.